The standard InChI is InChI=1S/C12H21N7S/c1-8(2)5-18-10(14-7-15-18)6-20-12-17-16-11(13)19(12)9(3)4/h7-9H,5-6H2,1-4H3,(H2,13,16). The largest absolute Gasteiger partial charge is 0.368 e. The Morgan fingerprint density at radius 1 is 1.25 bits per heavy atom. The number of hydrogen-bond donors (Lipinski definition) is 1. The Morgan fingerprint density at radius 3 is 2.65 bits per heavy atom. The molecule has 0 bridgehead atoms. The van der Waals surface area contributed by atoms with Crippen molar-refractivity contribution in [1.82, 2.24) is 29.5 Å². The van der Waals surface area contributed by atoms with Gasteiger partial charge in [0, 0.05) is 12.6 Å². The van der Waals surface area contributed by atoms with Gasteiger partial charge in [0.15, 0.2) is 5.16 Å². The molecule has 0 saturated carbocycles. The van der Waals surface area contributed by atoms with Gasteiger partial charge < -0.3 is 5.73 Å². The fourth-order valence-electron chi connectivity index (χ4n) is 1.90. The number of nitrogens with zero attached hydrogens (tertiary/aromatic N) is 6. The van der Waals surface area contributed by atoms with Gasteiger partial charge >= 0.3 is 0 Å². The molecule has 110 valence electrons. The molecule has 0 aliphatic rings. The number of anilines is 1. The van der Waals surface area contributed by atoms with Crippen LogP contribution < -0.4 is 5.73 Å². The van der Waals surface area contributed by atoms with Crippen LogP contribution in [0.4, 0.5) is 5.95 Å². The van der Waals surface area contributed by atoms with Crippen molar-refractivity contribution in [3.8, 4) is 0 Å². The molecule has 2 rings (SSSR count). The van der Waals surface area contributed by atoms with Crippen molar-refractivity contribution in [2.75, 3.05) is 5.73 Å². The van der Waals surface area contributed by atoms with E-state index in [0.29, 0.717) is 17.6 Å². The van der Waals surface area contributed by atoms with Crippen LogP contribution in [0.25, 0.3) is 0 Å². The molecule has 0 fully saturated rings. The van der Waals surface area contributed by atoms with Crippen LogP contribution in [0.1, 0.15) is 39.6 Å². The van der Waals surface area contributed by atoms with E-state index in [1.165, 1.54) is 0 Å². The molecule has 0 unspecified atom stereocenters. The molecule has 2 heterocycles. The third-order valence-corrected chi connectivity index (χ3v) is 3.71. The molecule has 0 saturated heterocycles. The summed E-state index contributed by atoms with van der Waals surface area (Å²) < 4.78 is 3.87. The van der Waals surface area contributed by atoms with Gasteiger partial charge in [-0.05, 0) is 19.8 Å². The van der Waals surface area contributed by atoms with Gasteiger partial charge in [-0.1, -0.05) is 25.6 Å². The lowest BCUT2D eigenvalue weighted by molar-refractivity contribution is 0.471. The first-order valence-electron chi connectivity index (χ1n) is 6.69. The van der Waals surface area contributed by atoms with Crippen molar-refractivity contribution in [3.05, 3.63) is 12.2 Å². The van der Waals surface area contributed by atoms with Gasteiger partial charge in [-0.2, -0.15) is 5.10 Å². The van der Waals surface area contributed by atoms with E-state index in [4.69, 9.17) is 5.73 Å². The van der Waals surface area contributed by atoms with Crippen molar-refractivity contribution in [1.29, 1.82) is 0 Å². The lowest BCUT2D eigenvalue weighted by atomic mass is 10.2. The molecule has 2 aromatic heterocycles. The number of nitrogens with two attached hydrogens (primary N) is 1. The minimum Gasteiger partial charge on any atom is -0.368 e. The monoisotopic (exact) mass is 295 g/mol. The van der Waals surface area contributed by atoms with Crippen LogP contribution in [0.2, 0.25) is 0 Å². The minimum absolute atomic E-state index is 0.237. The Balaban J connectivity index is 2.08. The predicted molar refractivity (Wildman–Crippen MR) is 79.2 cm³/mol. The van der Waals surface area contributed by atoms with E-state index in [-0.39, 0.29) is 6.04 Å². The first-order chi connectivity index (χ1) is 9.49. The van der Waals surface area contributed by atoms with E-state index in [1.807, 2.05) is 9.25 Å². The minimum atomic E-state index is 0.237. The highest BCUT2D eigenvalue weighted by molar-refractivity contribution is 7.98. The van der Waals surface area contributed by atoms with E-state index < -0.39 is 0 Å². The van der Waals surface area contributed by atoms with E-state index in [9.17, 15) is 0 Å². The van der Waals surface area contributed by atoms with Crippen LogP contribution >= 0.6 is 11.8 Å². The SMILES string of the molecule is CC(C)Cn1ncnc1CSc1nnc(N)n1C(C)C. The Kier molecular flexibility index (Phi) is 4.64. The van der Waals surface area contributed by atoms with Gasteiger partial charge in [0.1, 0.15) is 12.2 Å². The van der Waals surface area contributed by atoms with Crippen molar-refractivity contribution >= 4 is 17.7 Å². The van der Waals surface area contributed by atoms with Gasteiger partial charge in [0.2, 0.25) is 5.95 Å². The van der Waals surface area contributed by atoms with Crippen LogP contribution in [0.5, 0.6) is 0 Å². The van der Waals surface area contributed by atoms with Crippen molar-refractivity contribution in [3.63, 3.8) is 0 Å². The Morgan fingerprint density at radius 2 is 2.00 bits per heavy atom. The molecule has 7 nitrogen and oxygen atoms in total. The summed E-state index contributed by atoms with van der Waals surface area (Å²) in [5, 5.41) is 13.1. The Hall–Kier alpha value is -1.57. The second-order valence-corrected chi connectivity index (χ2v) is 6.29. The Bertz CT molecular complexity index is 558. The van der Waals surface area contributed by atoms with E-state index in [0.717, 1.165) is 17.5 Å². The number of thioether (sulfide) groups is 1. The fraction of sp³-hybridized carbons (Fsp3) is 0.667. The Labute approximate surface area is 123 Å². The number of aromatic nitrogens is 6. The number of hydrogen-bond acceptors (Lipinski definition) is 6. The summed E-state index contributed by atoms with van der Waals surface area (Å²) in [7, 11) is 0. The van der Waals surface area contributed by atoms with Crippen molar-refractivity contribution in [2.45, 2.75) is 51.2 Å². The van der Waals surface area contributed by atoms with E-state index >= 15 is 0 Å². The first-order valence-corrected chi connectivity index (χ1v) is 7.67. The lowest BCUT2D eigenvalue weighted by Gasteiger charge is -2.11. The molecule has 20 heavy (non-hydrogen) atoms. The van der Waals surface area contributed by atoms with Gasteiger partial charge in [-0.15, -0.1) is 10.2 Å². The molecular formula is C12H21N7S. The summed E-state index contributed by atoms with van der Waals surface area (Å²) in [6.45, 7) is 9.31. The topological polar surface area (TPSA) is 87.4 Å². The summed E-state index contributed by atoms with van der Waals surface area (Å²) >= 11 is 1.58. The molecule has 2 aromatic rings. The maximum absolute atomic E-state index is 5.83. The highest BCUT2D eigenvalue weighted by Crippen LogP contribution is 2.25. The van der Waals surface area contributed by atoms with Gasteiger partial charge in [-0.25, -0.2) is 9.67 Å². The summed E-state index contributed by atoms with van der Waals surface area (Å²) in [5.74, 6) is 2.64. The van der Waals surface area contributed by atoms with Crippen LogP contribution in [0.15, 0.2) is 11.5 Å². The molecule has 0 aromatic carbocycles. The lowest BCUT2D eigenvalue weighted by Crippen LogP contribution is -2.10. The first kappa shape index (κ1) is 14.8. The molecule has 8 heteroatoms. The maximum Gasteiger partial charge on any atom is 0.222 e. The van der Waals surface area contributed by atoms with E-state index in [1.54, 1.807) is 18.1 Å². The molecule has 0 aliphatic heterocycles. The van der Waals surface area contributed by atoms with Gasteiger partial charge in [0.25, 0.3) is 0 Å². The molecule has 0 radical (unpaired) electrons. The number of rotatable bonds is 6. The average Bonchev–Trinajstić information content (AvgIpc) is 2.92. The third kappa shape index (κ3) is 3.30. The van der Waals surface area contributed by atoms with Crippen LogP contribution in [-0.2, 0) is 12.3 Å². The second-order valence-electron chi connectivity index (χ2n) is 5.35. The van der Waals surface area contributed by atoms with Crippen LogP contribution in [0.3, 0.4) is 0 Å². The predicted octanol–water partition coefficient (Wildman–Crippen LogP) is 1.98. The van der Waals surface area contributed by atoms with Crippen molar-refractivity contribution in [2.24, 2.45) is 5.92 Å². The average molecular weight is 295 g/mol. The van der Waals surface area contributed by atoms with Gasteiger partial charge in [-0.3, -0.25) is 4.57 Å². The zero-order valence-electron chi connectivity index (χ0n) is 12.3. The molecule has 0 spiro atoms. The highest BCUT2D eigenvalue weighted by Gasteiger charge is 2.14. The maximum atomic E-state index is 5.83. The molecule has 2 N–H and O–H groups in total. The third-order valence-electron chi connectivity index (χ3n) is 2.77. The van der Waals surface area contributed by atoms with E-state index in [2.05, 4.69) is 48.0 Å². The normalized spacial score (nSPS) is 11.7. The van der Waals surface area contributed by atoms with Crippen LogP contribution in [0, 0.1) is 5.92 Å². The zero-order valence-corrected chi connectivity index (χ0v) is 13.1. The van der Waals surface area contributed by atoms with Crippen molar-refractivity contribution < 1.29 is 0 Å². The number of nitrogen functional groups attached to an aromatic ring is 1. The fourth-order valence-corrected chi connectivity index (χ4v) is 2.92. The second kappa shape index (κ2) is 6.25. The summed E-state index contributed by atoms with van der Waals surface area (Å²) in [6.07, 6.45) is 1.60. The summed E-state index contributed by atoms with van der Waals surface area (Å²) in [5.41, 5.74) is 5.83. The molecule has 0 atom stereocenters. The molecular weight excluding hydrogens is 274 g/mol. The van der Waals surface area contributed by atoms with Crippen LogP contribution in [-0.4, -0.2) is 29.5 Å². The molecule has 0 amide bonds. The summed E-state index contributed by atoms with van der Waals surface area (Å²) in [6, 6.07) is 0.237. The quantitative estimate of drug-likeness (QED) is 0.820. The highest BCUT2D eigenvalue weighted by atomic mass is 32.2. The van der Waals surface area contributed by atoms with Gasteiger partial charge in [0.05, 0.1) is 5.75 Å². The zero-order chi connectivity index (χ0) is 14.7. The molecule has 0 aliphatic carbocycles. The smallest absolute Gasteiger partial charge is 0.222 e. The summed E-state index contributed by atoms with van der Waals surface area (Å²) in [4.78, 5) is 4.31.